The number of benzene rings is 1. The SMILES string of the molecule is O=C(c1ccc(C2CCOC2)cc1)N1CCc2oc(CCc3cccnc3)nc2C1. The van der Waals surface area contributed by atoms with Gasteiger partial charge in [0.1, 0.15) is 11.5 Å². The first kappa shape index (κ1) is 19.0. The number of rotatable bonds is 5. The largest absolute Gasteiger partial charge is 0.445 e. The van der Waals surface area contributed by atoms with Crippen molar-refractivity contribution in [3.63, 3.8) is 0 Å². The van der Waals surface area contributed by atoms with E-state index in [2.05, 4.69) is 28.2 Å². The summed E-state index contributed by atoms with van der Waals surface area (Å²) in [5.41, 5.74) is 4.02. The summed E-state index contributed by atoms with van der Waals surface area (Å²) in [7, 11) is 0. The van der Waals surface area contributed by atoms with Crippen molar-refractivity contribution < 1.29 is 13.9 Å². The van der Waals surface area contributed by atoms with Gasteiger partial charge >= 0.3 is 0 Å². The molecule has 1 unspecified atom stereocenters. The van der Waals surface area contributed by atoms with Crippen LogP contribution in [0.5, 0.6) is 0 Å². The molecule has 5 rings (SSSR count). The Morgan fingerprint density at radius 1 is 1.17 bits per heavy atom. The van der Waals surface area contributed by atoms with Crippen LogP contribution in [0.2, 0.25) is 0 Å². The maximum Gasteiger partial charge on any atom is 0.254 e. The van der Waals surface area contributed by atoms with Crippen LogP contribution in [-0.4, -0.2) is 40.5 Å². The van der Waals surface area contributed by atoms with Gasteiger partial charge in [0.15, 0.2) is 5.89 Å². The molecule has 154 valence electrons. The fourth-order valence-corrected chi connectivity index (χ4v) is 4.21. The third-order valence-electron chi connectivity index (χ3n) is 5.97. The van der Waals surface area contributed by atoms with Gasteiger partial charge in [0.05, 0.1) is 13.2 Å². The summed E-state index contributed by atoms with van der Waals surface area (Å²) in [4.78, 5) is 23.7. The first-order chi connectivity index (χ1) is 14.8. The van der Waals surface area contributed by atoms with E-state index in [1.54, 1.807) is 6.20 Å². The average molecular weight is 403 g/mol. The van der Waals surface area contributed by atoms with Crippen molar-refractivity contribution in [3.8, 4) is 0 Å². The van der Waals surface area contributed by atoms with Gasteiger partial charge in [-0.25, -0.2) is 4.98 Å². The van der Waals surface area contributed by atoms with Gasteiger partial charge in [-0.05, 0) is 42.2 Å². The fraction of sp³-hybridized carbons (Fsp3) is 0.375. The predicted molar refractivity (Wildman–Crippen MR) is 111 cm³/mol. The summed E-state index contributed by atoms with van der Waals surface area (Å²) in [6.07, 6.45) is 6.98. The van der Waals surface area contributed by atoms with Gasteiger partial charge in [-0.1, -0.05) is 18.2 Å². The van der Waals surface area contributed by atoms with Gasteiger partial charge in [0, 0.05) is 49.9 Å². The van der Waals surface area contributed by atoms with Crippen LogP contribution in [0, 0.1) is 0 Å². The number of pyridine rings is 1. The summed E-state index contributed by atoms with van der Waals surface area (Å²) in [6, 6.07) is 12.0. The van der Waals surface area contributed by atoms with Gasteiger partial charge in [-0.2, -0.15) is 0 Å². The standard InChI is InChI=1S/C24H25N3O3/c28-24(19-6-4-18(5-7-19)20-10-13-29-16-20)27-12-9-22-21(15-27)26-23(30-22)8-3-17-2-1-11-25-14-17/h1-2,4-7,11,14,20H,3,8-10,12-13,15-16H2. The maximum atomic E-state index is 13.0. The minimum Gasteiger partial charge on any atom is -0.445 e. The van der Waals surface area contributed by atoms with Crippen LogP contribution in [0.4, 0.5) is 0 Å². The number of nitrogens with zero attached hydrogens (tertiary/aromatic N) is 3. The maximum absolute atomic E-state index is 13.0. The summed E-state index contributed by atoms with van der Waals surface area (Å²) in [6.45, 7) is 2.75. The summed E-state index contributed by atoms with van der Waals surface area (Å²) >= 11 is 0. The fourth-order valence-electron chi connectivity index (χ4n) is 4.21. The minimum atomic E-state index is 0.0507. The van der Waals surface area contributed by atoms with Gasteiger partial charge in [-0.3, -0.25) is 9.78 Å². The lowest BCUT2D eigenvalue weighted by Gasteiger charge is -2.25. The highest BCUT2D eigenvalue weighted by Gasteiger charge is 2.26. The summed E-state index contributed by atoms with van der Waals surface area (Å²) in [5.74, 6) is 2.15. The van der Waals surface area contributed by atoms with E-state index in [-0.39, 0.29) is 5.91 Å². The zero-order valence-electron chi connectivity index (χ0n) is 16.9. The van der Waals surface area contributed by atoms with Crippen LogP contribution < -0.4 is 0 Å². The molecule has 3 aromatic rings. The van der Waals surface area contributed by atoms with Crippen LogP contribution in [-0.2, 0) is 30.5 Å². The van der Waals surface area contributed by atoms with Crippen LogP contribution in [0.1, 0.15) is 51.2 Å². The molecule has 2 aliphatic heterocycles. The number of oxazole rings is 1. The molecule has 0 aliphatic carbocycles. The van der Waals surface area contributed by atoms with Gasteiger partial charge in [0.2, 0.25) is 0 Å². The van der Waals surface area contributed by atoms with Crippen molar-refractivity contribution in [3.05, 3.63) is 82.8 Å². The van der Waals surface area contributed by atoms with Crippen LogP contribution in [0.3, 0.4) is 0 Å². The van der Waals surface area contributed by atoms with E-state index >= 15 is 0 Å². The number of carbonyl (C=O) groups is 1. The highest BCUT2D eigenvalue weighted by molar-refractivity contribution is 5.94. The Hall–Kier alpha value is -2.99. The van der Waals surface area contributed by atoms with Crippen LogP contribution in [0.25, 0.3) is 0 Å². The average Bonchev–Trinajstić information content (AvgIpc) is 3.47. The molecular formula is C24H25N3O3. The van der Waals surface area contributed by atoms with E-state index in [0.29, 0.717) is 25.4 Å². The Labute approximate surface area is 175 Å². The first-order valence-electron chi connectivity index (χ1n) is 10.6. The Kier molecular flexibility index (Phi) is 5.32. The van der Waals surface area contributed by atoms with Gasteiger partial charge in [-0.15, -0.1) is 0 Å². The second-order valence-corrected chi connectivity index (χ2v) is 8.00. The molecular weight excluding hydrogens is 378 g/mol. The molecule has 1 amide bonds. The molecule has 2 aliphatic rings. The summed E-state index contributed by atoms with van der Waals surface area (Å²) in [5, 5.41) is 0. The molecule has 1 atom stereocenters. The number of ether oxygens (including phenoxy) is 1. The zero-order chi connectivity index (χ0) is 20.3. The molecule has 1 saturated heterocycles. The van der Waals surface area contributed by atoms with Crippen LogP contribution in [0.15, 0.2) is 53.2 Å². The third kappa shape index (κ3) is 4.00. The van der Waals surface area contributed by atoms with E-state index in [9.17, 15) is 4.79 Å². The number of aromatic nitrogens is 2. The molecule has 0 N–H and O–H groups in total. The van der Waals surface area contributed by atoms with Crippen molar-refractivity contribution in [2.45, 2.75) is 38.1 Å². The highest BCUT2D eigenvalue weighted by Crippen LogP contribution is 2.26. The third-order valence-corrected chi connectivity index (χ3v) is 5.97. The first-order valence-corrected chi connectivity index (χ1v) is 10.6. The molecule has 6 nitrogen and oxygen atoms in total. The lowest BCUT2D eigenvalue weighted by atomic mass is 9.97. The smallest absolute Gasteiger partial charge is 0.254 e. The quantitative estimate of drug-likeness (QED) is 0.652. The lowest BCUT2D eigenvalue weighted by molar-refractivity contribution is 0.0728. The number of fused-ring (bicyclic) bond motifs is 1. The molecule has 6 heteroatoms. The van der Waals surface area contributed by atoms with E-state index < -0.39 is 0 Å². The van der Waals surface area contributed by atoms with Crippen molar-refractivity contribution in [1.29, 1.82) is 0 Å². The van der Waals surface area contributed by atoms with E-state index in [1.165, 1.54) is 5.56 Å². The van der Waals surface area contributed by atoms with E-state index in [4.69, 9.17) is 9.15 Å². The molecule has 0 radical (unpaired) electrons. The number of hydrogen-bond donors (Lipinski definition) is 0. The van der Waals surface area contributed by atoms with Gasteiger partial charge < -0.3 is 14.1 Å². The molecule has 1 aromatic carbocycles. The number of aryl methyl sites for hydroxylation is 2. The summed E-state index contributed by atoms with van der Waals surface area (Å²) < 4.78 is 11.4. The Morgan fingerprint density at radius 3 is 2.83 bits per heavy atom. The monoisotopic (exact) mass is 403 g/mol. The molecule has 0 bridgehead atoms. The van der Waals surface area contributed by atoms with Crippen molar-refractivity contribution >= 4 is 5.91 Å². The molecule has 2 aromatic heterocycles. The van der Waals surface area contributed by atoms with Crippen LogP contribution >= 0.6 is 0 Å². The van der Waals surface area contributed by atoms with E-state index in [1.807, 2.05) is 29.3 Å². The second kappa shape index (κ2) is 8.40. The molecule has 30 heavy (non-hydrogen) atoms. The molecule has 0 saturated carbocycles. The highest BCUT2D eigenvalue weighted by atomic mass is 16.5. The van der Waals surface area contributed by atoms with Gasteiger partial charge in [0.25, 0.3) is 5.91 Å². The predicted octanol–water partition coefficient (Wildman–Crippen LogP) is 3.56. The second-order valence-electron chi connectivity index (χ2n) is 8.00. The lowest BCUT2D eigenvalue weighted by Crippen LogP contribution is -2.35. The minimum absolute atomic E-state index is 0.0507. The van der Waals surface area contributed by atoms with Crippen molar-refractivity contribution in [2.75, 3.05) is 19.8 Å². The Morgan fingerprint density at radius 2 is 2.07 bits per heavy atom. The normalized spacial score (nSPS) is 18.4. The number of hydrogen-bond acceptors (Lipinski definition) is 5. The number of amides is 1. The molecule has 0 spiro atoms. The topological polar surface area (TPSA) is 68.5 Å². The molecule has 1 fully saturated rings. The Bertz CT molecular complexity index is 1010. The van der Waals surface area contributed by atoms with Crippen molar-refractivity contribution in [2.24, 2.45) is 0 Å². The molecule has 4 heterocycles. The van der Waals surface area contributed by atoms with Crippen molar-refractivity contribution in [1.82, 2.24) is 14.9 Å². The van der Waals surface area contributed by atoms with E-state index in [0.717, 1.165) is 60.9 Å². The zero-order valence-corrected chi connectivity index (χ0v) is 16.9. The Balaban J connectivity index is 1.22. The number of carbonyl (C=O) groups excluding carboxylic acids is 1.